The SMILES string of the molecule is O=C(c1cc2ncc(Br)cn2n1)N1CC[C@]2(Cc3ccccc3CN2)[C@H](O)C1. The van der Waals surface area contributed by atoms with Crippen molar-refractivity contribution in [2.75, 3.05) is 13.1 Å². The van der Waals surface area contributed by atoms with Crippen molar-refractivity contribution in [2.24, 2.45) is 0 Å². The summed E-state index contributed by atoms with van der Waals surface area (Å²) in [4.78, 5) is 18.9. The second kappa shape index (κ2) is 6.65. The van der Waals surface area contributed by atoms with Gasteiger partial charge in [-0.1, -0.05) is 24.3 Å². The number of β-amino-alcohol motifs (C(OH)–C–C–N with tert-alkyl or cyclic N) is 1. The molecule has 4 heterocycles. The van der Waals surface area contributed by atoms with E-state index in [1.807, 2.05) is 12.1 Å². The lowest BCUT2D eigenvalue weighted by molar-refractivity contribution is -0.0140. The maximum Gasteiger partial charge on any atom is 0.274 e. The Hall–Kier alpha value is -2.29. The largest absolute Gasteiger partial charge is 0.389 e. The summed E-state index contributed by atoms with van der Waals surface area (Å²) in [7, 11) is 0. The molecule has 28 heavy (non-hydrogen) atoms. The van der Waals surface area contributed by atoms with Gasteiger partial charge in [-0.15, -0.1) is 0 Å². The summed E-state index contributed by atoms with van der Waals surface area (Å²) in [5.41, 5.74) is 3.14. The monoisotopic (exact) mass is 441 g/mol. The first kappa shape index (κ1) is 17.8. The van der Waals surface area contributed by atoms with Crippen molar-refractivity contribution < 1.29 is 9.90 Å². The van der Waals surface area contributed by atoms with Gasteiger partial charge < -0.3 is 15.3 Å². The van der Waals surface area contributed by atoms with Crippen LogP contribution in [0.3, 0.4) is 0 Å². The number of piperidine rings is 1. The molecule has 1 spiro atoms. The van der Waals surface area contributed by atoms with E-state index in [4.69, 9.17) is 0 Å². The number of hydrogen-bond acceptors (Lipinski definition) is 5. The highest BCUT2D eigenvalue weighted by Gasteiger charge is 2.45. The molecule has 3 aromatic rings. The molecular weight excluding hydrogens is 422 g/mol. The average molecular weight is 442 g/mol. The van der Waals surface area contributed by atoms with Gasteiger partial charge in [0, 0.05) is 38.1 Å². The highest BCUT2D eigenvalue weighted by atomic mass is 79.9. The minimum absolute atomic E-state index is 0.174. The van der Waals surface area contributed by atoms with Crippen molar-refractivity contribution in [1.29, 1.82) is 0 Å². The molecule has 0 radical (unpaired) electrons. The van der Waals surface area contributed by atoms with Crippen LogP contribution in [0.15, 0.2) is 47.2 Å². The van der Waals surface area contributed by atoms with Crippen LogP contribution in [-0.2, 0) is 13.0 Å². The Balaban J connectivity index is 1.35. The smallest absolute Gasteiger partial charge is 0.274 e. The number of nitrogens with zero attached hydrogens (tertiary/aromatic N) is 4. The first-order chi connectivity index (χ1) is 13.5. The molecule has 2 aliphatic rings. The summed E-state index contributed by atoms with van der Waals surface area (Å²) in [5, 5.41) is 18.8. The molecule has 0 unspecified atom stereocenters. The van der Waals surface area contributed by atoms with Gasteiger partial charge in [0.05, 0.1) is 16.1 Å². The van der Waals surface area contributed by atoms with Crippen molar-refractivity contribution >= 4 is 27.5 Å². The van der Waals surface area contributed by atoms with Crippen molar-refractivity contribution in [3.05, 3.63) is 64.0 Å². The molecule has 2 aromatic heterocycles. The van der Waals surface area contributed by atoms with Crippen LogP contribution >= 0.6 is 15.9 Å². The van der Waals surface area contributed by atoms with Crippen molar-refractivity contribution in [3.63, 3.8) is 0 Å². The van der Waals surface area contributed by atoms with Crippen molar-refractivity contribution in [3.8, 4) is 0 Å². The zero-order valence-corrected chi connectivity index (χ0v) is 16.8. The third-order valence-electron chi connectivity index (χ3n) is 5.90. The van der Waals surface area contributed by atoms with E-state index in [1.165, 1.54) is 11.1 Å². The van der Waals surface area contributed by atoms with Gasteiger partial charge in [0.1, 0.15) is 0 Å². The highest BCUT2D eigenvalue weighted by molar-refractivity contribution is 9.10. The quantitative estimate of drug-likeness (QED) is 0.601. The van der Waals surface area contributed by atoms with E-state index in [2.05, 4.69) is 43.5 Å². The van der Waals surface area contributed by atoms with Crippen LogP contribution in [0.4, 0.5) is 0 Å². The van der Waals surface area contributed by atoms with Crippen LogP contribution in [-0.4, -0.2) is 55.2 Å². The van der Waals surface area contributed by atoms with Crippen molar-refractivity contribution in [2.45, 2.75) is 31.0 Å². The van der Waals surface area contributed by atoms with E-state index in [1.54, 1.807) is 27.9 Å². The van der Waals surface area contributed by atoms with Crippen LogP contribution in [0.2, 0.25) is 0 Å². The van der Waals surface area contributed by atoms with Gasteiger partial charge in [-0.3, -0.25) is 4.79 Å². The molecule has 1 saturated heterocycles. The summed E-state index contributed by atoms with van der Waals surface area (Å²) in [5.74, 6) is -0.174. The minimum Gasteiger partial charge on any atom is -0.389 e. The number of aromatic nitrogens is 3. The summed E-state index contributed by atoms with van der Waals surface area (Å²) in [6.45, 7) is 1.61. The summed E-state index contributed by atoms with van der Waals surface area (Å²) in [6, 6.07) is 10.0. The molecule has 1 fully saturated rings. The number of fused-ring (bicyclic) bond motifs is 2. The summed E-state index contributed by atoms with van der Waals surface area (Å²) < 4.78 is 2.37. The van der Waals surface area contributed by atoms with Crippen LogP contribution < -0.4 is 5.32 Å². The van der Waals surface area contributed by atoms with E-state index in [0.717, 1.165) is 17.4 Å². The molecule has 144 valence electrons. The number of amides is 1. The second-order valence-corrected chi connectivity index (χ2v) is 8.49. The molecule has 8 heteroatoms. The fraction of sp³-hybridized carbons (Fsp3) is 0.350. The molecule has 2 aliphatic heterocycles. The minimum atomic E-state index is -0.636. The lowest BCUT2D eigenvalue weighted by Gasteiger charge is -2.48. The van der Waals surface area contributed by atoms with Gasteiger partial charge >= 0.3 is 0 Å². The van der Waals surface area contributed by atoms with Gasteiger partial charge in [-0.25, -0.2) is 9.50 Å². The zero-order valence-electron chi connectivity index (χ0n) is 15.2. The van der Waals surface area contributed by atoms with E-state index in [-0.39, 0.29) is 11.4 Å². The third-order valence-corrected chi connectivity index (χ3v) is 6.31. The summed E-state index contributed by atoms with van der Waals surface area (Å²) >= 11 is 3.36. The topological polar surface area (TPSA) is 82.8 Å². The number of aliphatic hydroxyl groups is 1. The van der Waals surface area contributed by atoms with E-state index in [9.17, 15) is 9.90 Å². The first-order valence-electron chi connectivity index (χ1n) is 9.34. The maximum absolute atomic E-state index is 12.9. The third kappa shape index (κ3) is 2.92. The molecule has 0 aliphatic carbocycles. The Morgan fingerprint density at radius 3 is 2.96 bits per heavy atom. The number of nitrogens with one attached hydrogen (secondary N) is 1. The number of carbonyl (C=O) groups is 1. The standard InChI is InChI=1S/C20H20BrN5O2/c21-15-10-22-18-7-16(24-26(18)11-15)19(28)25-6-5-20(17(27)12-25)8-13-3-1-2-4-14(13)9-23-20/h1-4,7,10-11,17,23,27H,5-6,8-9,12H2/t17-,20+/m1/s1. The van der Waals surface area contributed by atoms with Crippen LogP contribution in [0.1, 0.15) is 28.0 Å². The molecule has 0 bridgehead atoms. The predicted molar refractivity (Wildman–Crippen MR) is 107 cm³/mol. The Kier molecular flexibility index (Phi) is 4.22. The second-order valence-electron chi connectivity index (χ2n) is 7.58. The summed E-state index contributed by atoms with van der Waals surface area (Å²) in [6.07, 6.45) is 4.28. The molecule has 5 rings (SSSR count). The number of halogens is 1. The Morgan fingerprint density at radius 1 is 1.32 bits per heavy atom. The molecule has 1 amide bonds. The Bertz CT molecular complexity index is 1070. The van der Waals surface area contributed by atoms with Crippen LogP contribution in [0, 0.1) is 0 Å². The van der Waals surface area contributed by atoms with Crippen LogP contribution in [0.5, 0.6) is 0 Å². The van der Waals surface area contributed by atoms with Crippen LogP contribution in [0.25, 0.3) is 5.65 Å². The van der Waals surface area contributed by atoms with Gasteiger partial charge in [0.15, 0.2) is 11.3 Å². The fourth-order valence-corrected chi connectivity index (χ4v) is 4.57. The molecule has 0 saturated carbocycles. The number of hydrogen-bond donors (Lipinski definition) is 2. The van der Waals surface area contributed by atoms with E-state index >= 15 is 0 Å². The van der Waals surface area contributed by atoms with Gasteiger partial charge in [0.2, 0.25) is 0 Å². The zero-order chi connectivity index (χ0) is 19.3. The lowest BCUT2D eigenvalue weighted by Crippen LogP contribution is -2.65. The van der Waals surface area contributed by atoms with Gasteiger partial charge in [0.25, 0.3) is 5.91 Å². The van der Waals surface area contributed by atoms with Gasteiger partial charge in [-0.05, 0) is 39.9 Å². The highest BCUT2D eigenvalue weighted by Crippen LogP contribution is 2.32. The van der Waals surface area contributed by atoms with E-state index in [0.29, 0.717) is 30.9 Å². The molecular formula is C20H20BrN5O2. The lowest BCUT2D eigenvalue weighted by atomic mass is 9.76. The Labute approximate surface area is 170 Å². The molecule has 1 aromatic carbocycles. The number of likely N-dealkylation sites (tertiary alicyclic amines) is 1. The fourth-order valence-electron chi connectivity index (χ4n) is 4.27. The number of rotatable bonds is 1. The molecule has 7 nitrogen and oxygen atoms in total. The first-order valence-corrected chi connectivity index (χ1v) is 10.1. The number of carbonyl (C=O) groups excluding carboxylic acids is 1. The molecule has 2 N–H and O–H groups in total. The normalized spacial score (nSPS) is 24.5. The van der Waals surface area contributed by atoms with Gasteiger partial charge in [-0.2, -0.15) is 5.10 Å². The van der Waals surface area contributed by atoms with Crippen molar-refractivity contribution in [1.82, 2.24) is 24.8 Å². The molecule has 2 atom stereocenters. The predicted octanol–water partition coefficient (Wildman–Crippen LogP) is 1.78. The maximum atomic E-state index is 12.9. The Morgan fingerprint density at radius 2 is 2.14 bits per heavy atom. The van der Waals surface area contributed by atoms with E-state index < -0.39 is 6.10 Å². The average Bonchev–Trinajstić information content (AvgIpc) is 3.13. The number of aliphatic hydroxyl groups excluding tert-OH is 1. The number of benzene rings is 1.